The highest BCUT2D eigenvalue weighted by molar-refractivity contribution is 7.99. The zero-order valence-corrected chi connectivity index (χ0v) is 17.2. The Morgan fingerprint density at radius 1 is 1.07 bits per heavy atom. The molecule has 0 atom stereocenters. The summed E-state index contributed by atoms with van der Waals surface area (Å²) in [4.78, 5) is 12.1. The summed E-state index contributed by atoms with van der Waals surface area (Å²) in [6.45, 7) is 2.67. The van der Waals surface area contributed by atoms with Crippen LogP contribution in [0.15, 0.2) is 53.7 Å². The van der Waals surface area contributed by atoms with Crippen LogP contribution >= 0.6 is 11.8 Å². The first-order valence-corrected chi connectivity index (χ1v) is 10.7. The maximum atomic E-state index is 12.9. The van der Waals surface area contributed by atoms with Crippen molar-refractivity contribution in [3.05, 3.63) is 65.5 Å². The van der Waals surface area contributed by atoms with Crippen molar-refractivity contribution in [2.45, 2.75) is 37.8 Å². The van der Waals surface area contributed by atoms with E-state index in [1.165, 1.54) is 42.3 Å². The number of halogens is 1. The van der Waals surface area contributed by atoms with Crippen LogP contribution in [0.5, 0.6) is 0 Å². The highest BCUT2D eigenvalue weighted by Gasteiger charge is 2.11. The van der Waals surface area contributed by atoms with Gasteiger partial charge in [-0.1, -0.05) is 49.4 Å². The SMILES string of the molecule is CCCCc1ccc(-n2nnnc2SCC(=O)NCCc2ccc(F)cc2)cc1. The number of nitrogens with one attached hydrogen (secondary N) is 1. The van der Waals surface area contributed by atoms with Gasteiger partial charge >= 0.3 is 0 Å². The van der Waals surface area contributed by atoms with Crippen LogP contribution < -0.4 is 5.32 Å². The first-order valence-electron chi connectivity index (χ1n) is 9.67. The molecule has 0 saturated carbocycles. The van der Waals surface area contributed by atoms with Gasteiger partial charge in [-0.05, 0) is 65.1 Å². The van der Waals surface area contributed by atoms with E-state index in [1.54, 1.807) is 16.8 Å². The van der Waals surface area contributed by atoms with Gasteiger partial charge in [-0.3, -0.25) is 4.79 Å². The summed E-state index contributed by atoms with van der Waals surface area (Å²) in [7, 11) is 0. The van der Waals surface area contributed by atoms with Crippen LogP contribution in [-0.2, 0) is 17.6 Å². The van der Waals surface area contributed by atoms with Gasteiger partial charge < -0.3 is 5.32 Å². The van der Waals surface area contributed by atoms with Crippen molar-refractivity contribution in [1.29, 1.82) is 0 Å². The zero-order chi connectivity index (χ0) is 20.5. The van der Waals surface area contributed by atoms with Crippen LogP contribution in [0.2, 0.25) is 0 Å². The fourth-order valence-electron chi connectivity index (χ4n) is 2.79. The molecule has 0 radical (unpaired) electrons. The average Bonchev–Trinajstić information content (AvgIpc) is 3.21. The van der Waals surface area contributed by atoms with Gasteiger partial charge in [0, 0.05) is 6.54 Å². The molecule has 1 amide bonds. The van der Waals surface area contributed by atoms with Crippen molar-refractivity contribution in [2.75, 3.05) is 12.3 Å². The van der Waals surface area contributed by atoms with E-state index < -0.39 is 0 Å². The summed E-state index contributed by atoms with van der Waals surface area (Å²) < 4.78 is 14.5. The maximum absolute atomic E-state index is 12.9. The van der Waals surface area contributed by atoms with Crippen LogP contribution in [0, 0.1) is 5.82 Å². The predicted octanol–water partition coefficient (Wildman–Crippen LogP) is 3.60. The molecular weight excluding hydrogens is 389 g/mol. The second kappa shape index (κ2) is 10.7. The summed E-state index contributed by atoms with van der Waals surface area (Å²) >= 11 is 1.29. The van der Waals surface area contributed by atoms with Gasteiger partial charge in [0.1, 0.15) is 5.82 Å². The molecule has 6 nitrogen and oxygen atoms in total. The van der Waals surface area contributed by atoms with Crippen molar-refractivity contribution >= 4 is 17.7 Å². The topological polar surface area (TPSA) is 72.7 Å². The van der Waals surface area contributed by atoms with Crippen LogP contribution in [0.25, 0.3) is 5.69 Å². The Bertz CT molecular complexity index is 912. The van der Waals surface area contributed by atoms with Gasteiger partial charge in [-0.2, -0.15) is 4.68 Å². The molecule has 152 valence electrons. The van der Waals surface area contributed by atoms with E-state index in [1.807, 2.05) is 12.1 Å². The Morgan fingerprint density at radius 2 is 1.76 bits per heavy atom. The van der Waals surface area contributed by atoms with Crippen LogP contribution in [0.1, 0.15) is 30.9 Å². The number of tetrazole rings is 1. The van der Waals surface area contributed by atoms with E-state index in [4.69, 9.17) is 0 Å². The number of aryl methyl sites for hydroxylation is 1. The average molecular weight is 414 g/mol. The lowest BCUT2D eigenvalue weighted by Gasteiger charge is -2.07. The van der Waals surface area contributed by atoms with Crippen molar-refractivity contribution in [3.8, 4) is 5.69 Å². The summed E-state index contributed by atoms with van der Waals surface area (Å²) in [5.41, 5.74) is 3.14. The van der Waals surface area contributed by atoms with Crippen LogP contribution in [0.4, 0.5) is 4.39 Å². The third-order valence-electron chi connectivity index (χ3n) is 4.42. The zero-order valence-electron chi connectivity index (χ0n) is 16.3. The second-order valence-electron chi connectivity index (χ2n) is 6.66. The number of carbonyl (C=O) groups is 1. The van der Waals surface area contributed by atoms with Gasteiger partial charge in [0.15, 0.2) is 0 Å². The lowest BCUT2D eigenvalue weighted by atomic mass is 10.1. The number of rotatable bonds is 10. The molecular formula is C21H24FN5OS. The Balaban J connectivity index is 1.48. The predicted molar refractivity (Wildman–Crippen MR) is 112 cm³/mol. The quantitative estimate of drug-likeness (QED) is 0.514. The molecule has 0 aliphatic heterocycles. The maximum Gasteiger partial charge on any atom is 0.230 e. The van der Waals surface area contributed by atoms with E-state index in [2.05, 4.69) is 39.9 Å². The third kappa shape index (κ3) is 6.39. The standard InChI is InChI=1S/C21H24FN5OS/c1-2-3-4-16-7-11-19(12-8-16)27-21(24-25-26-27)29-15-20(28)23-14-13-17-5-9-18(22)10-6-17/h5-12H,2-4,13-15H2,1H3,(H,23,28). The number of aromatic nitrogens is 4. The minimum absolute atomic E-state index is 0.0958. The van der Waals surface area contributed by atoms with Gasteiger partial charge in [0.25, 0.3) is 0 Å². The summed E-state index contributed by atoms with van der Waals surface area (Å²) in [6.07, 6.45) is 4.05. The Kier molecular flexibility index (Phi) is 7.75. The fourth-order valence-corrected chi connectivity index (χ4v) is 3.51. The number of hydrogen-bond acceptors (Lipinski definition) is 5. The summed E-state index contributed by atoms with van der Waals surface area (Å²) in [5.74, 6) is -0.137. The Hall–Kier alpha value is -2.74. The minimum Gasteiger partial charge on any atom is -0.355 e. The molecule has 8 heteroatoms. The van der Waals surface area contributed by atoms with Gasteiger partial charge in [-0.15, -0.1) is 5.10 Å². The first-order chi connectivity index (χ1) is 14.2. The van der Waals surface area contributed by atoms with Gasteiger partial charge in [0.05, 0.1) is 11.4 Å². The van der Waals surface area contributed by atoms with Crippen molar-refractivity contribution in [2.24, 2.45) is 0 Å². The van der Waals surface area contributed by atoms with Crippen LogP contribution in [0.3, 0.4) is 0 Å². The fraction of sp³-hybridized carbons (Fsp3) is 0.333. The Morgan fingerprint density at radius 3 is 2.48 bits per heavy atom. The van der Waals surface area contributed by atoms with Crippen LogP contribution in [-0.4, -0.2) is 38.4 Å². The molecule has 0 saturated heterocycles. The molecule has 3 aromatic rings. The highest BCUT2D eigenvalue weighted by atomic mass is 32.2. The molecule has 0 aliphatic rings. The molecule has 2 aromatic carbocycles. The molecule has 3 rings (SSSR count). The second-order valence-corrected chi connectivity index (χ2v) is 7.60. The van der Waals surface area contributed by atoms with E-state index in [0.29, 0.717) is 18.1 Å². The van der Waals surface area contributed by atoms with E-state index >= 15 is 0 Å². The largest absolute Gasteiger partial charge is 0.355 e. The van der Waals surface area contributed by atoms with Gasteiger partial charge in [0.2, 0.25) is 11.1 Å². The molecule has 0 bridgehead atoms. The molecule has 0 unspecified atom stereocenters. The molecule has 0 fully saturated rings. The van der Waals surface area contributed by atoms with E-state index in [-0.39, 0.29) is 17.5 Å². The number of carbonyl (C=O) groups excluding carboxylic acids is 1. The van der Waals surface area contributed by atoms with Crippen molar-refractivity contribution in [3.63, 3.8) is 0 Å². The lowest BCUT2D eigenvalue weighted by molar-refractivity contribution is -0.118. The Labute approximate surface area is 173 Å². The first kappa shape index (κ1) is 21.0. The molecule has 0 spiro atoms. The lowest BCUT2D eigenvalue weighted by Crippen LogP contribution is -2.27. The molecule has 0 aliphatic carbocycles. The van der Waals surface area contributed by atoms with Gasteiger partial charge in [-0.25, -0.2) is 4.39 Å². The van der Waals surface area contributed by atoms with E-state index in [9.17, 15) is 9.18 Å². The van der Waals surface area contributed by atoms with Crippen molar-refractivity contribution in [1.82, 2.24) is 25.5 Å². The smallest absolute Gasteiger partial charge is 0.230 e. The number of benzene rings is 2. The molecule has 1 heterocycles. The molecule has 1 aromatic heterocycles. The molecule has 29 heavy (non-hydrogen) atoms. The minimum atomic E-state index is -0.262. The third-order valence-corrected chi connectivity index (χ3v) is 5.34. The number of nitrogens with zero attached hydrogens (tertiary/aromatic N) is 4. The van der Waals surface area contributed by atoms with Crippen molar-refractivity contribution < 1.29 is 9.18 Å². The summed E-state index contributed by atoms with van der Waals surface area (Å²) in [5, 5.41) is 15.2. The molecule has 1 N–H and O–H groups in total. The van der Waals surface area contributed by atoms with E-state index in [0.717, 1.165) is 17.7 Å². The number of unbranched alkanes of at least 4 members (excludes halogenated alkanes) is 1. The summed E-state index contributed by atoms with van der Waals surface area (Å²) in [6, 6.07) is 14.4. The number of amides is 1. The normalized spacial score (nSPS) is 10.8. The monoisotopic (exact) mass is 413 g/mol. The number of thioether (sulfide) groups is 1. The number of hydrogen-bond donors (Lipinski definition) is 1. The highest BCUT2D eigenvalue weighted by Crippen LogP contribution is 2.18.